The molecule has 0 saturated carbocycles. The lowest BCUT2D eigenvalue weighted by Crippen LogP contribution is -2.12. The maximum absolute atomic E-state index is 11.6. The summed E-state index contributed by atoms with van der Waals surface area (Å²) >= 11 is 1.84. The van der Waals surface area contributed by atoms with Gasteiger partial charge in [-0.1, -0.05) is 6.42 Å². The van der Waals surface area contributed by atoms with E-state index < -0.39 is 0 Å². The minimum absolute atomic E-state index is 0.204. The Labute approximate surface area is 133 Å². The molecular formula is C15H31NO4S. The number of nitrogens with one attached hydrogen (secondary N) is 1. The average molecular weight is 321 g/mol. The number of carbonyl (C=O) groups excluding carboxylic acids is 1. The lowest BCUT2D eigenvalue weighted by Gasteiger charge is -2.05. The Morgan fingerprint density at radius 3 is 2.62 bits per heavy atom. The molecule has 0 aromatic rings. The summed E-state index contributed by atoms with van der Waals surface area (Å²) in [6.45, 7) is 3.97. The fourth-order valence-electron chi connectivity index (χ4n) is 1.60. The summed E-state index contributed by atoms with van der Waals surface area (Å²) in [4.78, 5) is 11.6. The standard InChI is InChI=1S/C15H31NO4S/c1-16-7-12-21-13-11-20-14-15(17)6-4-3-5-8-19-10-9-18-2/h16H,3-14H2,1-2H3. The predicted molar refractivity (Wildman–Crippen MR) is 88.2 cm³/mol. The van der Waals surface area contributed by atoms with Crippen molar-refractivity contribution in [2.24, 2.45) is 0 Å². The van der Waals surface area contributed by atoms with Gasteiger partial charge >= 0.3 is 0 Å². The van der Waals surface area contributed by atoms with Crippen molar-refractivity contribution in [3.63, 3.8) is 0 Å². The molecule has 21 heavy (non-hydrogen) atoms. The maximum atomic E-state index is 11.6. The zero-order chi connectivity index (χ0) is 15.6. The molecule has 0 radical (unpaired) electrons. The van der Waals surface area contributed by atoms with E-state index >= 15 is 0 Å². The van der Waals surface area contributed by atoms with E-state index in [0.717, 1.165) is 43.9 Å². The fourth-order valence-corrected chi connectivity index (χ4v) is 2.39. The molecule has 0 amide bonds. The van der Waals surface area contributed by atoms with Gasteiger partial charge < -0.3 is 19.5 Å². The molecule has 0 aromatic carbocycles. The largest absolute Gasteiger partial charge is 0.382 e. The predicted octanol–water partition coefficient (Wildman–Crippen LogP) is 1.75. The molecule has 1 N–H and O–H groups in total. The lowest BCUT2D eigenvalue weighted by molar-refractivity contribution is -0.123. The molecule has 126 valence electrons. The van der Waals surface area contributed by atoms with Crippen molar-refractivity contribution in [1.82, 2.24) is 5.32 Å². The molecule has 0 aliphatic carbocycles. The highest BCUT2D eigenvalue weighted by atomic mass is 32.2. The van der Waals surface area contributed by atoms with Crippen molar-refractivity contribution < 1.29 is 19.0 Å². The second-order valence-corrected chi connectivity index (χ2v) is 5.95. The first kappa shape index (κ1) is 20.9. The van der Waals surface area contributed by atoms with Crippen LogP contribution >= 0.6 is 11.8 Å². The van der Waals surface area contributed by atoms with Crippen LogP contribution in [0, 0.1) is 0 Å². The molecule has 0 bridgehead atoms. The summed E-state index contributed by atoms with van der Waals surface area (Å²) in [6.07, 6.45) is 3.57. The van der Waals surface area contributed by atoms with E-state index in [1.165, 1.54) is 0 Å². The third-order valence-corrected chi connectivity index (χ3v) is 3.76. The first-order valence-corrected chi connectivity index (χ1v) is 8.85. The number of Topliss-reactive ketones (excluding diaryl/α,β-unsaturated/α-hetero) is 1. The van der Waals surface area contributed by atoms with E-state index in [4.69, 9.17) is 14.2 Å². The summed E-state index contributed by atoms with van der Waals surface area (Å²) in [5.74, 6) is 2.24. The van der Waals surface area contributed by atoms with Gasteiger partial charge in [0.25, 0.3) is 0 Å². The smallest absolute Gasteiger partial charge is 0.158 e. The zero-order valence-corrected chi connectivity index (χ0v) is 14.3. The molecule has 0 aliphatic heterocycles. The van der Waals surface area contributed by atoms with Crippen LogP contribution in [0.4, 0.5) is 0 Å². The minimum Gasteiger partial charge on any atom is -0.382 e. The van der Waals surface area contributed by atoms with Crippen molar-refractivity contribution in [3.8, 4) is 0 Å². The van der Waals surface area contributed by atoms with Crippen molar-refractivity contribution >= 4 is 17.5 Å². The van der Waals surface area contributed by atoms with Crippen LogP contribution in [-0.4, -0.2) is 71.0 Å². The van der Waals surface area contributed by atoms with Crippen LogP contribution in [0.5, 0.6) is 0 Å². The lowest BCUT2D eigenvalue weighted by atomic mass is 10.1. The van der Waals surface area contributed by atoms with Gasteiger partial charge in [0.2, 0.25) is 0 Å². The average Bonchev–Trinajstić information content (AvgIpc) is 2.49. The Balaban J connectivity index is 3.13. The third kappa shape index (κ3) is 17.8. The SMILES string of the molecule is CNCCSCCOCC(=O)CCCCCOCCOC. The summed E-state index contributed by atoms with van der Waals surface area (Å²) in [5.41, 5.74) is 0. The number of thioether (sulfide) groups is 1. The molecule has 0 heterocycles. The van der Waals surface area contributed by atoms with Crippen LogP contribution in [0.3, 0.4) is 0 Å². The molecule has 6 heteroatoms. The van der Waals surface area contributed by atoms with Crippen LogP contribution in [0.1, 0.15) is 25.7 Å². The third-order valence-electron chi connectivity index (χ3n) is 2.81. The molecule has 0 spiro atoms. The summed E-state index contributed by atoms with van der Waals surface area (Å²) < 4.78 is 15.6. The normalized spacial score (nSPS) is 11.0. The number of methoxy groups -OCH3 is 1. The molecule has 5 nitrogen and oxygen atoms in total. The summed E-state index contributed by atoms with van der Waals surface area (Å²) in [7, 11) is 3.61. The maximum Gasteiger partial charge on any atom is 0.158 e. The van der Waals surface area contributed by atoms with Crippen molar-refractivity contribution in [3.05, 3.63) is 0 Å². The van der Waals surface area contributed by atoms with Gasteiger partial charge in [0.05, 0.1) is 19.8 Å². The number of carbonyl (C=O) groups is 1. The Hall–Kier alpha value is -0.140. The van der Waals surface area contributed by atoms with E-state index in [1.54, 1.807) is 7.11 Å². The molecule has 0 rings (SSSR count). The number of ether oxygens (including phenoxy) is 3. The van der Waals surface area contributed by atoms with Crippen LogP contribution in [0.25, 0.3) is 0 Å². The van der Waals surface area contributed by atoms with Crippen LogP contribution in [-0.2, 0) is 19.0 Å². The van der Waals surface area contributed by atoms with Crippen LogP contribution in [0.2, 0.25) is 0 Å². The Bertz CT molecular complexity index is 230. The molecule has 0 atom stereocenters. The molecule has 0 aromatic heterocycles. The number of unbranched alkanes of at least 4 members (excludes halogenated alkanes) is 2. The van der Waals surface area contributed by atoms with Crippen molar-refractivity contribution in [2.75, 3.05) is 65.2 Å². The highest BCUT2D eigenvalue weighted by Crippen LogP contribution is 2.02. The molecule has 0 saturated heterocycles. The number of hydrogen-bond donors (Lipinski definition) is 1. The van der Waals surface area contributed by atoms with Gasteiger partial charge in [0.15, 0.2) is 5.78 Å². The van der Waals surface area contributed by atoms with E-state index in [1.807, 2.05) is 18.8 Å². The molecule has 0 fully saturated rings. The van der Waals surface area contributed by atoms with Gasteiger partial charge in [-0.2, -0.15) is 11.8 Å². The van der Waals surface area contributed by atoms with Gasteiger partial charge in [-0.3, -0.25) is 4.79 Å². The van der Waals surface area contributed by atoms with Gasteiger partial charge in [-0.15, -0.1) is 0 Å². The quantitative estimate of drug-likeness (QED) is 0.412. The van der Waals surface area contributed by atoms with Gasteiger partial charge in [0, 0.05) is 38.2 Å². The van der Waals surface area contributed by atoms with E-state index in [9.17, 15) is 4.79 Å². The van der Waals surface area contributed by atoms with E-state index in [2.05, 4.69) is 5.32 Å². The van der Waals surface area contributed by atoms with Crippen LogP contribution in [0.15, 0.2) is 0 Å². The van der Waals surface area contributed by atoms with E-state index in [0.29, 0.717) is 26.2 Å². The zero-order valence-electron chi connectivity index (χ0n) is 13.5. The summed E-state index contributed by atoms with van der Waals surface area (Å²) in [6, 6.07) is 0. The minimum atomic E-state index is 0.204. The van der Waals surface area contributed by atoms with E-state index in [-0.39, 0.29) is 12.4 Å². The summed E-state index contributed by atoms with van der Waals surface area (Å²) in [5, 5.41) is 3.09. The number of rotatable bonds is 17. The second kappa shape index (κ2) is 17.9. The number of ketones is 1. The Morgan fingerprint density at radius 1 is 1.00 bits per heavy atom. The first-order valence-electron chi connectivity index (χ1n) is 7.69. The number of hydrogen-bond acceptors (Lipinski definition) is 6. The first-order chi connectivity index (χ1) is 10.3. The van der Waals surface area contributed by atoms with Gasteiger partial charge in [-0.05, 0) is 19.9 Å². The second-order valence-electron chi connectivity index (χ2n) is 4.72. The monoisotopic (exact) mass is 321 g/mol. The van der Waals surface area contributed by atoms with Crippen molar-refractivity contribution in [2.45, 2.75) is 25.7 Å². The van der Waals surface area contributed by atoms with Gasteiger partial charge in [0.1, 0.15) is 6.61 Å². The molecule has 0 unspecified atom stereocenters. The topological polar surface area (TPSA) is 56.8 Å². The highest BCUT2D eigenvalue weighted by Gasteiger charge is 2.02. The Kier molecular flexibility index (Phi) is 17.8. The Morgan fingerprint density at radius 2 is 1.86 bits per heavy atom. The van der Waals surface area contributed by atoms with Crippen molar-refractivity contribution in [1.29, 1.82) is 0 Å². The molecule has 0 aliphatic rings. The molecular weight excluding hydrogens is 290 g/mol. The van der Waals surface area contributed by atoms with Gasteiger partial charge in [-0.25, -0.2) is 0 Å². The highest BCUT2D eigenvalue weighted by molar-refractivity contribution is 7.99. The van der Waals surface area contributed by atoms with Crippen LogP contribution < -0.4 is 5.32 Å². The fraction of sp³-hybridized carbons (Fsp3) is 0.933.